The molecule has 0 aliphatic carbocycles. The molecule has 2 atom stereocenters. The third kappa shape index (κ3) is 7.01. The highest BCUT2D eigenvalue weighted by Crippen LogP contribution is 2.17. The first-order chi connectivity index (χ1) is 9.17. The summed E-state index contributed by atoms with van der Waals surface area (Å²) in [6.45, 7) is 13.0. The Morgan fingerprint density at radius 2 is 2.11 bits per heavy atom. The van der Waals surface area contributed by atoms with Gasteiger partial charge in [-0.3, -0.25) is 4.90 Å². The van der Waals surface area contributed by atoms with Crippen molar-refractivity contribution in [2.75, 3.05) is 31.1 Å². The molecule has 1 heterocycles. The largest absolute Gasteiger partial charge is 0.311 e. The van der Waals surface area contributed by atoms with Crippen LogP contribution >= 0.6 is 11.8 Å². The minimum absolute atomic E-state index is 0.715. The van der Waals surface area contributed by atoms with Crippen molar-refractivity contribution >= 4 is 11.8 Å². The van der Waals surface area contributed by atoms with Crippen molar-refractivity contribution in [3.8, 4) is 0 Å². The second-order valence-corrected chi connectivity index (χ2v) is 7.62. The van der Waals surface area contributed by atoms with Crippen LogP contribution in [0.5, 0.6) is 0 Å². The lowest BCUT2D eigenvalue weighted by Gasteiger charge is -2.41. The Morgan fingerprint density at radius 3 is 2.74 bits per heavy atom. The molecule has 2 nitrogen and oxygen atoms in total. The highest BCUT2D eigenvalue weighted by Gasteiger charge is 2.26. The quantitative estimate of drug-likeness (QED) is 0.652. The number of hydrogen-bond donors (Lipinski definition) is 1. The van der Waals surface area contributed by atoms with Crippen LogP contribution < -0.4 is 5.32 Å². The van der Waals surface area contributed by atoms with Gasteiger partial charge in [-0.05, 0) is 43.2 Å². The summed E-state index contributed by atoms with van der Waals surface area (Å²) in [5.41, 5.74) is 0. The molecule has 0 bridgehead atoms. The Balaban J connectivity index is 2.38. The maximum atomic E-state index is 3.77. The molecule has 1 saturated heterocycles. The topological polar surface area (TPSA) is 15.3 Å². The molecule has 3 heteroatoms. The highest BCUT2D eigenvalue weighted by atomic mass is 32.2. The Morgan fingerprint density at radius 1 is 1.32 bits per heavy atom. The van der Waals surface area contributed by atoms with Crippen LogP contribution in [0.3, 0.4) is 0 Å². The molecule has 1 fully saturated rings. The average molecular weight is 287 g/mol. The lowest BCUT2D eigenvalue weighted by Crippen LogP contribution is -2.56. The van der Waals surface area contributed by atoms with Crippen molar-refractivity contribution < 1.29 is 0 Å². The SMILES string of the molecule is CCCC1CNC(CC(C)C)CN1CCCSCC. The standard InChI is InChI=1S/C16H34N2S/c1-5-8-16-12-17-15(11-14(3)4)13-18(16)9-7-10-19-6-2/h14-17H,5-13H2,1-4H3. The summed E-state index contributed by atoms with van der Waals surface area (Å²) in [5.74, 6) is 3.39. The van der Waals surface area contributed by atoms with Crippen molar-refractivity contribution in [3.63, 3.8) is 0 Å². The minimum atomic E-state index is 0.715. The van der Waals surface area contributed by atoms with E-state index in [2.05, 4.69) is 49.7 Å². The molecule has 0 aromatic carbocycles. The zero-order valence-electron chi connectivity index (χ0n) is 13.5. The van der Waals surface area contributed by atoms with Crippen LogP contribution in [0, 0.1) is 5.92 Å². The summed E-state index contributed by atoms with van der Waals surface area (Å²) >= 11 is 2.08. The van der Waals surface area contributed by atoms with Gasteiger partial charge in [0.1, 0.15) is 0 Å². The minimum Gasteiger partial charge on any atom is -0.311 e. The molecule has 0 amide bonds. The van der Waals surface area contributed by atoms with E-state index in [0.29, 0.717) is 6.04 Å². The molecule has 0 aromatic rings. The van der Waals surface area contributed by atoms with Gasteiger partial charge < -0.3 is 5.32 Å². The Kier molecular flexibility index (Phi) is 9.17. The first kappa shape index (κ1) is 17.3. The summed E-state index contributed by atoms with van der Waals surface area (Å²) in [6, 6.07) is 1.49. The normalized spacial score (nSPS) is 25.1. The van der Waals surface area contributed by atoms with E-state index >= 15 is 0 Å². The van der Waals surface area contributed by atoms with Crippen LogP contribution in [0.4, 0.5) is 0 Å². The van der Waals surface area contributed by atoms with Crippen molar-refractivity contribution in [3.05, 3.63) is 0 Å². The summed E-state index contributed by atoms with van der Waals surface area (Å²) in [5, 5.41) is 3.77. The lowest BCUT2D eigenvalue weighted by atomic mass is 9.98. The van der Waals surface area contributed by atoms with Gasteiger partial charge >= 0.3 is 0 Å². The van der Waals surface area contributed by atoms with E-state index in [1.807, 2.05) is 0 Å². The van der Waals surface area contributed by atoms with Crippen LogP contribution in [0.25, 0.3) is 0 Å². The second kappa shape index (κ2) is 10.1. The maximum absolute atomic E-state index is 3.77. The van der Waals surface area contributed by atoms with Crippen molar-refractivity contribution in [1.29, 1.82) is 0 Å². The molecule has 1 N–H and O–H groups in total. The summed E-state index contributed by atoms with van der Waals surface area (Å²) < 4.78 is 0. The van der Waals surface area contributed by atoms with Gasteiger partial charge in [-0.25, -0.2) is 0 Å². The molecule has 19 heavy (non-hydrogen) atoms. The van der Waals surface area contributed by atoms with E-state index in [9.17, 15) is 0 Å². The smallest absolute Gasteiger partial charge is 0.0221 e. The van der Waals surface area contributed by atoms with E-state index in [4.69, 9.17) is 0 Å². The fourth-order valence-corrected chi connectivity index (χ4v) is 3.68. The van der Waals surface area contributed by atoms with Gasteiger partial charge in [0.2, 0.25) is 0 Å². The van der Waals surface area contributed by atoms with Crippen LogP contribution in [0.15, 0.2) is 0 Å². The fraction of sp³-hybridized carbons (Fsp3) is 1.00. The highest BCUT2D eigenvalue weighted by molar-refractivity contribution is 7.99. The Hall–Kier alpha value is 0.270. The number of nitrogens with zero attached hydrogens (tertiary/aromatic N) is 1. The molecular formula is C16H34N2S. The molecule has 1 rings (SSSR count). The zero-order valence-corrected chi connectivity index (χ0v) is 14.3. The molecular weight excluding hydrogens is 252 g/mol. The summed E-state index contributed by atoms with van der Waals surface area (Å²) in [4.78, 5) is 2.77. The van der Waals surface area contributed by atoms with Crippen LogP contribution in [0.1, 0.15) is 53.4 Å². The van der Waals surface area contributed by atoms with Gasteiger partial charge in [0, 0.05) is 25.2 Å². The number of hydrogen-bond acceptors (Lipinski definition) is 3. The monoisotopic (exact) mass is 286 g/mol. The molecule has 0 saturated carbocycles. The predicted octanol–water partition coefficient (Wildman–Crippen LogP) is 3.62. The van der Waals surface area contributed by atoms with E-state index < -0.39 is 0 Å². The van der Waals surface area contributed by atoms with Gasteiger partial charge in [0.05, 0.1) is 0 Å². The van der Waals surface area contributed by atoms with E-state index in [-0.39, 0.29) is 0 Å². The molecule has 1 aliphatic heterocycles. The van der Waals surface area contributed by atoms with Gasteiger partial charge in [-0.15, -0.1) is 0 Å². The zero-order chi connectivity index (χ0) is 14.1. The molecule has 114 valence electrons. The molecule has 0 radical (unpaired) electrons. The number of rotatable bonds is 9. The van der Waals surface area contributed by atoms with E-state index in [1.165, 1.54) is 56.8 Å². The van der Waals surface area contributed by atoms with Crippen molar-refractivity contribution in [1.82, 2.24) is 10.2 Å². The molecule has 2 unspecified atom stereocenters. The summed E-state index contributed by atoms with van der Waals surface area (Å²) in [6.07, 6.45) is 5.33. The van der Waals surface area contributed by atoms with Crippen LogP contribution in [-0.2, 0) is 0 Å². The third-order valence-electron chi connectivity index (χ3n) is 3.93. The van der Waals surface area contributed by atoms with Crippen LogP contribution in [-0.4, -0.2) is 48.1 Å². The van der Waals surface area contributed by atoms with Crippen molar-refractivity contribution in [2.45, 2.75) is 65.5 Å². The molecule has 0 spiro atoms. The maximum Gasteiger partial charge on any atom is 0.0221 e. The Bertz CT molecular complexity index is 221. The van der Waals surface area contributed by atoms with Gasteiger partial charge in [-0.1, -0.05) is 34.1 Å². The van der Waals surface area contributed by atoms with Crippen LogP contribution in [0.2, 0.25) is 0 Å². The Labute approximate surface area is 125 Å². The molecule has 0 aromatic heterocycles. The van der Waals surface area contributed by atoms with E-state index in [0.717, 1.165) is 12.0 Å². The van der Waals surface area contributed by atoms with Gasteiger partial charge in [0.15, 0.2) is 0 Å². The number of piperazine rings is 1. The van der Waals surface area contributed by atoms with Gasteiger partial charge in [-0.2, -0.15) is 11.8 Å². The third-order valence-corrected chi connectivity index (χ3v) is 4.91. The lowest BCUT2D eigenvalue weighted by molar-refractivity contribution is 0.115. The number of thioether (sulfide) groups is 1. The van der Waals surface area contributed by atoms with Crippen molar-refractivity contribution in [2.24, 2.45) is 5.92 Å². The predicted molar refractivity (Wildman–Crippen MR) is 89.1 cm³/mol. The summed E-state index contributed by atoms with van der Waals surface area (Å²) in [7, 11) is 0. The van der Waals surface area contributed by atoms with E-state index in [1.54, 1.807) is 0 Å². The second-order valence-electron chi connectivity index (χ2n) is 6.22. The first-order valence-corrected chi connectivity index (χ1v) is 9.38. The first-order valence-electron chi connectivity index (χ1n) is 8.22. The average Bonchev–Trinajstić information content (AvgIpc) is 2.37. The molecule has 1 aliphatic rings. The van der Waals surface area contributed by atoms with Gasteiger partial charge in [0.25, 0.3) is 0 Å². The number of nitrogens with one attached hydrogen (secondary N) is 1. The fourth-order valence-electron chi connectivity index (χ4n) is 3.06.